The lowest BCUT2D eigenvalue weighted by Gasteiger charge is -2.16. The summed E-state index contributed by atoms with van der Waals surface area (Å²) in [5, 5.41) is 0. The Balaban J connectivity index is 2.50. The molecule has 0 saturated carbocycles. The number of hydrogen-bond donors (Lipinski definition) is 2. The molecule has 0 fully saturated rings. The molecule has 2 aromatic rings. The average Bonchev–Trinajstić information content (AvgIpc) is 2.38. The van der Waals surface area contributed by atoms with Gasteiger partial charge in [0.15, 0.2) is 0 Å². The molecule has 4 nitrogen and oxygen atoms in total. The van der Waals surface area contributed by atoms with Crippen LogP contribution in [0.25, 0.3) is 0 Å². The van der Waals surface area contributed by atoms with Crippen LogP contribution in [-0.4, -0.2) is 8.42 Å². The minimum absolute atomic E-state index is 0.162. The highest BCUT2D eigenvalue weighted by Crippen LogP contribution is 2.29. The number of nitrogens with one attached hydrogen (secondary N) is 1. The molecule has 112 valence electrons. The average molecular weight is 308 g/mol. The molecule has 21 heavy (non-hydrogen) atoms. The lowest BCUT2D eigenvalue weighted by Crippen LogP contribution is -2.17. The number of sulfonamides is 1. The zero-order valence-corrected chi connectivity index (χ0v) is 12.9. The van der Waals surface area contributed by atoms with Crippen LogP contribution in [0, 0.1) is 26.6 Å². The first-order valence-electron chi connectivity index (χ1n) is 6.37. The van der Waals surface area contributed by atoms with Gasteiger partial charge in [0.25, 0.3) is 10.0 Å². The maximum Gasteiger partial charge on any atom is 0.262 e. The first-order valence-corrected chi connectivity index (χ1v) is 7.85. The van der Waals surface area contributed by atoms with Gasteiger partial charge in [0, 0.05) is 11.4 Å². The quantitative estimate of drug-likeness (QED) is 0.856. The van der Waals surface area contributed by atoms with Crippen LogP contribution in [0.1, 0.15) is 16.7 Å². The van der Waals surface area contributed by atoms with E-state index in [4.69, 9.17) is 5.73 Å². The zero-order valence-electron chi connectivity index (χ0n) is 12.1. The molecule has 0 atom stereocenters. The Morgan fingerprint density at radius 3 is 2.19 bits per heavy atom. The number of hydrogen-bond acceptors (Lipinski definition) is 3. The molecule has 0 aliphatic rings. The van der Waals surface area contributed by atoms with Crippen molar-refractivity contribution in [2.24, 2.45) is 0 Å². The summed E-state index contributed by atoms with van der Waals surface area (Å²) in [7, 11) is -3.78. The molecular weight excluding hydrogens is 291 g/mol. The molecule has 6 heteroatoms. The minimum atomic E-state index is -3.78. The number of halogens is 1. The van der Waals surface area contributed by atoms with Gasteiger partial charge in [-0.3, -0.25) is 4.72 Å². The van der Waals surface area contributed by atoms with Crippen molar-refractivity contribution in [3.05, 3.63) is 52.8 Å². The van der Waals surface area contributed by atoms with E-state index >= 15 is 0 Å². The van der Waals surface area contributed by atoms with Crippen LogP contribution in [0.5, 0.6) is 0 Å². The summed E-state index contributed by atoms with van der Waals surface area (Å²) < 4.78 is 40.4. The Hall–Kier alpha value is -2.08. The van der Waals surface area contributed by atoms with Crippen LogP contribution in [0.4, 0.5) is 15.8 Å². The van der Waals surface area contributed by atoms with E-state index in [-0.39, 0.29) is 4.90 Å². The highest BCUT2D eigenvalue weighted by atomic mass is 32.2. The van der Waals surface area contributed by atoms with Crippen LogP contribution >= 0.6 is 0 Å². The van der Waals surface area contributed by atoms with Gasteiger partial charge in [-0.25, -0.2) is 12.8 Å². The van der Waals surface area contributed by atoms with Crippen LogP contribution in [0.15, 0.2) is 35.2 Å². The number of rotatable bonds is 3. The molecule has 3 N–H and O–H groups in total. The van der Waals surface area contributed by atoms with Crippen molar-refractivity contribution < 1.29 is 12.8 Å². The van der Waals surface area contributed by atoms with E-state index in [9.17, 15) is 12.8 Å². The van der Waals surface area contributed by atoms with Gasteiger partial charge in [-0.15, -0.1) is 0 Å². The second-order valence-electron chi connectivity index (χ2n) is 4.99. The Morgan fingerprint density at radius 2 is 1.62 bits per heavy atom. The lowest BCUT2D eigenvalue weighted by atomic mass is 10.1. The van der Waals surface area contributed by atoms with Gasteiger partial charge < -0.3 is 5.73 Å². The summed E-state index contributed by atoms with van der Waals surface area (Å²) in [5.74, 6) is -0.426. The van der Waals surface area contributed by atoms with Crippen molar-refractivity contribution in [1.82, 2.24) is 0 Å². The van der Waals surface area contributed by atoms with E-state index in [0.717, 1.165) is 5.56 Å². The third-order valence-corrected chi connectivity index (χ3v) is 5.00. The summed E-state index contributed by atoms with van der Waals surface area (Å²) in [6, 6.07) is 6.87. The van der Waals surface area contributed by atoms with Crippen molar-refractivity contribution in [3.63, 3.8) is 0 Å². The van der Waals surface area contributed by atoms with Crippen molar-refractivity contribution in [1.29, 1.82) is 0 Å². The first kappa shape index (κ1) is 15.3. The van der Waals surface area contributed by atoms with Crippen LogP contribution in [0.3, 0.4) is 0 Å². The van der Waals surface area contributed by atoms with Gasteiger partial charge in [-0.2, -0.15) is 0 Å². The molecule has 0 heterocycles. The Morgan fingerprint density at radius 1 is 1.05 bits per heavy atom. The van der Waals surface area contributed by atoms with E-state index < -0.39 is 15.8 Å². The number of anilines is 2. The second kappa shape index (κ2) is 5.37. The summed E-state index contributed by atoms with van der Waals surface area (Å²) in [5.41, 5.74) is 8.65. The smallest absolute Gasteiger partial charge is 0.262 e. The minimum Gasteiger partial charge on any atom is -0.398 e. The predicted molar refractivity (Wildman–Crippen MR) is 82.3 cm³/mol. The van der Waals surface area contributed by atoms with Gasteiger partial charge >= 0.3 is 0 Å². The van der Waals surface area contributed by atoms with Gasteiger partial charge in [0.1, 0.15) is 5.82 Å². The van der Waals surface area contributed by atoms with Crippen LogP contribution < -0.4 is 10.5 Å². The molecular formula is C15H17FN2O2S. The van der Waals surface area contributed by atoms with Crippen LogP contribution in [-0.2, 0) is 10.0 Å². The fourth-order valence-corrected chi connectivity index (χ4v) is 3.86. The molecule has 0 radical (unpaired) electrons. The monoisotopic (exact) mass is 308 g/mol. The number of benzene rings is 2. The molecule has 0 saturated heterocycles. The zero-order chi connectivity index (χ0) is 15.8. The summed E-state index contributed by atoms with van der Waals surface area (Å²) in [6.45, 7) is 5.23. The molecule has 0 aromatic heterocycles. The fraction of sp³-hybridized carbons (Fsp3) is 0.200. The predicted octanol–water partition coefficient (Wildman–Crippen LogP) is 3.13. The number of nitrogen functional groups attached to an aromatic ring is 1. The van der Waals surface area contributed by atoms with E-state index in [1.807, 2.05) is 6.92 Å². The Kier molecular flexibility index (Phi) is 3.91. The third kappa shape index (κ3) is 3.00. The van der Waals surface area contributed by atoms with Crippen molar-refractivity contribution in [2.45, 2.75) is 25.7 Å². The standard InChI is InChI=1S/C15H17FN2O2S/c1-9-8-10(2)15(11(3)14(9)17)21(19,20)18-13-6-4-12(16)5-7-13/h4-8,18H,17H2,1-3H3. The maximum absolute atomic E-state index is 12.9. The molecule has 0 spiro atoms. The first-order chi connectivity index (χ1) is 9.72. The Bertz CT molecular complexity index is 784. The van der Waals surface area contributed by atoms with E-state index in [1.54, 1.807) is 19.9 Å². The fourth-order valence-electron chi connectivity index (χ4n) is 2.32. The molecule has 2 aromatic carbocycles. The largest absolute Gasteiger partial charge is 0.398 e. The highest BCUT2D eigenvalue weighted by molar-refractivity contribution is 7.92. The number of aryl methyl sites for hydroxylation is 2. The number of nitrogens with two attached hydrogens (primary N) is 1. The maximum atomic E-state index is 12.9. The molecule has 0 unspecified atom stereocenters. The topological polar surface area (TPSA) is 72.2 Å². The van der Waals surface area contributed by atoms with E-state index in [0.29, 0.717) is 22.5 Å². The van der Waals surface area contributed by atoms with E-state index in [2.05, 4.69) is 4.72 Å². The van der Waals surface area contributed by atoms with Crippen molar-refractivity contribution in [3.8, 4) is 0 Å². The van der Waals surface area contributed by atoms with Crippen molar-refractivity contribution >= 4 is 21.4 Å². The molecule has 0 aliphatic heterocycles. The highest BCUT2D eigenvalue weighted by Gasteiger charge is 2.22. The summed E-state index contributed by atoms with van der Waals surface area (Å²) >= 11 is 0. The molecule has 2 rings (SSSR count). The normalized spacial score (nSPS) is 11.4. The molecule has 0 amide bonds. The van der Waals surface area contributed by atoms with Crippen molar-refractivity contribution in [2.75, 3.05) is 10.5 Å². The SMILES string of the molecule is Cc1cc(C)c(S(=O)(=O)Nc2ccc(F)cc2)c(C)c1N. The van der Waals surface area contributed by atoms with E-state index in [1.165, 1.54) is 24.3 Å². The van der Waals surface area contributed by atoms with Crippen LogP contribution in [0.2, 0.25) is 0 Å². The third-order valence-electron chi connectivity index (χ3n) is 3.33. The Labute approximate surface area is 123 Å². The van der Waals surface area contributed by atoms with Gasteiger partial charge in [-0.05, 0) is 61.7 Å². The van der Waals surface area contributed by atoms with Gasteiger partial charge in [0.05, 0.1) is 4.90 Å². The second-order valence-corrected chi connectivity index (χ2v) is 6.61. The lowest BCUT2D eigenvalue weighted by molar-refractivity contribution is 0.600. The molecule has 0 bridgehead atoms. The summed E-state index contributed by atoms with van der Waals surface area (Å²) in [6.07, 6.45) is 0. The van der Waals surface area contributed by atoms with Gasteiger partial charge in [-0.1, -0.05) is 6.07 Å². The van der Waals surface area contributed by atoms with Gasteiger partial charge in [0.2, 0.25) is 0 Å². The summed E-state index contributed by atoms with van der Waals surface area (Å²) in [4.78, 5) is 0.162. The molecule has 0 aliphatic carbocycles.